The molecule has 34 heavy (non-hydrogen) atoms. The third-order valence-electron chi connectivity index (χ3n) is 7.45. The molecule has 2 aromatic carbocycles. The summed E-state index contributed by atoms with van der Waals surface area (Å²) >= 11 is 0. The van der Waals surface area contributed by atoms with E-state index < -0.39 is 0 Å². The minimum absolute atomic E-state index is 0.0114. The molecule has 0 spiro atoms. The molecule has 1 aromatic heterocycles. The van der Waals surface area contributed by atoms with Gasteiger partial charge in [0.25, 0.3) is 0 Å². The van der Waals surface area contributed by atoms with E-state index in [1.165, 1.54) is 59.3 Å². The Kier molecular flexibility index (Phi) is 7.76. The molecule has 0 aliphatic heterocycles. The summed E-state index contributed by atoms with van der Waals surface area (Å²) in [5.74, 6) is 1.94. The maximum Gasteiger partial charge on any atom is 0.0943 e. The summed E-state index contributed by atoms with van der Waals surface area (Å²) < 4.78 is 0. The molecule has 180 valence electrons. The molecule has 3 aromatic rings. The average molecular weight is 455 g/mol. The van der Waals surface area contributed by atoms with Crippen molar-refractivity contribution >= 4 is 5.69 Å². The zero-order chi connectivity index (χ0) is 24.2. The number of aromatic nitrogens is 1. The SMILES string of the molecule is CC(C)c1ccccc1C(Nc1c(C(C)C)cccc1C(C)C)c1cccc(C2CCCC2)n1. The molecule has 1 atom stereocenters. The van der Waals surface area contributed by atoms with Gasteiger partial charge in [0.05, 0.1) is 11.7 Å². The van der Waals surface area contributed by atoms with Crippen LogP contribution in [0, 0.1) is 0 Å². The molecule has 1 aliphatic carbocycles. The van der Waals surface area contributed by atoms with E-state index in [9.17, 15) is 0 Å². The second kappa shape index (κ2) is 10.8. The number of anilines is 1. The fourth-order valence-electron chi connectivity index (χ4n) is 5.55. The Balaban J connectivity index is 1.87. The van der Waals surface area contributed by atoms with Crippen molar-refractivity contribution in [2.75, 3.05) is 5.32 Å². The highest BCUT2D eigenvalue weighted by Crippen LogP contribution is 2.39. The predicted octanol–water partition coefficient (Wildman–Crippen LogP) is 9.31. The molecule has 1 saturated carbocycles. The zero-order valence-corrected chi connectivity index (χ0v) is 21.9. The normalized spacial score (nSPS) is 15.4. The van der Waals surface area contributed by atoms with Gasteiger partial charge in [-0.1, -0.05) is 103 Å². The molecule has 2 nitrogen and oxygen atoms in total. The summed E-state index contributed by atoms with van der Waals surface area (Å²) in [5.41, 5.74) is 9.17. The second-order valence-electron chi connectivity index (χ2n) is 11.0. The number of pyridine rings is 1. The summed E-state index contributed by atoms with van der Waals surface area (Å²) in [6, 6.07) is 22.4. The van der Waals surface area contributed by atoms with E-state index in [0.717, 1.165) is 5.69 Å². The molecule has 0 amide bonds. The van der Waals surface area contributed by atoms with Gasteiger partial charge >= 0.3 is 0 Å². The van der Waals surface area contributed by atoms with Crippen LogP contribution in [0.15, 0.2) is 60.7 Å². The number of para-hydroxylation sites is 1. The van der Waals surface area contributed by atoms with Crippen LogP contribution < -0.4 is 5.32 Å². The number of hydrogen-bond donors (Lipinski definition) is 1. The van der Waals surface area contributed by atoms with Gasteiger partial charge in [0.2, 0.25) is 0 Å². The Morgan fingerprint density at radius 2 is 1.18 bits per heavy atom. The summed E-state index contributed by atoms with van der Waals surface area (Å²) in [4.78, 5) is 5.31. The summed E-state index contributed by atoms with van der Waals surface area (Å²) in [5, 5.41) is 4.06. The van der Waals surface area contributed by atoms with Crippen molar-refractivity contribution in [3.63, 3.8) is 0 Å². The van der Waals surface area contributed by atoms with Crippen molar-refractivity contribution in [1.29, 1.82) is 0 Å². The minimum atomic E-state index is 0.0114. The van der Waals surface area contributed by atoms with E-state index >= 15 is 0 Å². The van der Waals surface area contributed by atoms with Crippen molar-refractivity contribution in [3.8, 4) is 0 Å². The third-order valence-corrected chi connectivity index (χ3v) is 7.45. The minimum Gasteiger partial charge on any atom is -0.372 e. The Morgan fingerprint density at radius 1 is 0.647 bits per heavy atom. The fraction of sp³-hybridized carbons (Fsp3) is 0.469. The third kappa shape index (κ3) is 5.22. The Labute approximate surface area is 207 Å². The zero-order valence-electron chi connectivity index (χ0n) is 21.9. The van der Waals surface area contributed by atoms with Gasteiger partial charge in [-0.3, -0.25) is 4.98 Å². The monoisotopic (exact) mass is 454 g/mol. The van der Waals surface area contributed by atoms with E-state index in [1.807, 2.05) is 0 Å². The lowest BCUT2D eigenvalue weighted by Crippen LogP contribution is -2.19. The predicted molar refractivity (Wildman–Crippen MR) is 146 cm³/mol. The smallest absolute Gasteiger partial charge is 0.0943 e. The highest BCUT2D eigenvalue weighted by Gasteiger charge is 2.25. The van der Waals surface area contributed by atoms with Crippen LogP contribution in [0.5, 0.6) is 0 Å². The van der Waals surface area contributed by atoms with Gasteiger partial charge < -0.3 is 5.32 Å². The Bertz CT molecular complexity index is 1060. The Hall–Kier alpha value is -2.61. The van der Waals surface area contributed by atoms with E-state index in [0.29, 0.717) is 23.7 Å². The summed E-state index contributed by atoms with van der Waals surface area (Å²) in [6.45, 7) is 13.8. The van der Waals surface area contributed by atoms with E-state index in [1.54, 1.807) is 0 Å². The van der Waals surface area contributed by atoms with Crippen LogP contribution in [0.2, 0.25) is 0 Å². The first-order valence-corrected chi connectivity index (χ1v) is 13.3. The standard InChI is InChI=1S/C32H42N2/c1-21(2)25-15-9-10-16-28(25)32(30-20-12-19-29(33-30)24-13-7-8-14-24)34-31-26(22(3)4)17-11-18-27(31)23(5)6/h9-12,15-24,32,34H,7-8,13-14H2,1-6H3. The summed E-state index contributed by atoms with van der Waals surface area (Å²) in [6.07, 6.45) is 5.19. The van der Waals surface area contributed by atoms with Crippen molar-refractivity contribution < 1.29 is 0 Å². The van der Waals surface area contributed by atoms with Crippen molar-refractivity contribution in [1.82, 2.24) is 4.98 Å². The van der Waals surface area contributed by atoms with Crippen LogP contribution in [0.1, 0.15) is 131 Å². The van der Waals surface area contributed by atoms with E-state index in [4.69, 9.17) is 4.98 Å². The molecule has 1 aliphatic rings. The highest BCUT2D eigenvalue weighted by molar-refractivity contribution is 5.62. The van der Waals surface area contributed by atoms with Gasteiger partial charge in [-0.25, -0.2) is 0 Å². The second-order valence-corrected chi connectivity index (χ2v) is 11.0. The number of hydrogen-bond acceptors (Lipinski definition) is 2. The first-order chi connectivity index (χ1) is 16.4. The van der Waals surface area contributed by atoms with Crippen LogP contribution in [0.4, 0.5) is 5.69 Å². The van der Waals surface area contributed by atoms with Crippen LogP contribution in [0.25, 0.3) is 0 Å². The van der Waals surface area contributed by atoms with Crippen molar-refractivity contribution in [3.05, 3.63) is 94.3 Å². The first kappa shape index (κ1) is 24.5. The maximum absolute atomic E-state index is 5.31. The van der Waals surface area contributed by atoms with Gasteiger partial charge in [0.1, 0.15) is 0 Å². The molecule has 2 heteroatoms. The molecular formula is C32H42N2. The lowest BCUT2D eigenvalue weighted by molar-refractivity contribution is 0.685. The number of nitrogens with zero attached hydrogens (tertiary/aromatic N) is 1. The molecule has 0 saturated heterocycles. The van der Waals surface area contributed by atoms with Gasteiger partial charge in [-0.15, -0.1) is 0 Å². The van der Waals surface area contributed by atoms with Crippen LogP contribution in [0.3, 0.4) is 0 Å². The van der Waals surface area contributed by atoms with E-state index in [2.05, 4.69) is 108 Å². The van der Waals surface area contributed by atoms with Crippen LogP contribution in [-0.4, -0.2) is 4.98 Å². The Morgan fingerprint density at radius 3 is 1.76 bits per heavy atom. The van der Waals surface area contributed by atoms with Gasteiger partial charge in [0.15, 0.2) is 0 Å². The lowest BCUT2D eigenvalue weighted by Gasteiger charge is -2.29. The molecule has 0 bridgehead atoms. The van der Waals surface area contributed by atoms with Gasteiger partial charge in [-0.05, 0) is 65.0 Å². The van der Waals surface area contributed by atoms with Crippen LogP contribution >= 0.6 is 0 Å². The first-order valence-electron chi connectivity index (χ1n) is 13.3. The van der Waals surface area contributed by atoms with Crippen molar-refractivity contribution in [2.24, 2.45) is 0 Å². The molecule has 1 fully saturated rings. The van der Waals surface area contributed by atoms with Crippen LogP contribution in [-0.2, 0) is 0 Å². The van der Waals surface area contributed by atoms with E-state index in [-0.39, 0.29) is 6.04 Å². The molecule has 4 rings (SSSR count). The van der Waals surface area contributed by atoms with Gasteiger partial charge in [0, 0.05) is 17.3 Å². The number of rotatable bonds is 8. The summed E-state index contributed by atoms with van der Waals surface area (Å²) in [7, 11) is 0. The largest absolute Gasteiger partial charge is 0.372 e. The molecule has 1 heterocycles. The molecule has 1 N–H and O–H groups in total. The lowest BCUT2D eigenvalue weighted by atomic mass is 9.88. The molecule has 0 radical (unpaired) electrons. The highest BCUT2D eigenvalue weighted by atomic mass is 15.0. The topological polar surface area (TPSA) is 24.9 Å². The van der Waals surface area contributed by atoms with Crippen molar-refractivity contribution in [2.45, 2.75) is 96.9 Å². The fourth-order valence-corrected chi connectivity index (χ4v) is 5.55. The molecular weight excluding hydrogens is 412 g/mol. The maximum atomic E-state index is 5.31. The number of nitrogens with one attached hydrogen (secondary N) is 1. The number of benzene rings is 2. The quantitative estimate of drug-likeness (QED) is 0.367. The average Bonchev–Trinajstić information content (AvgIpc) is 3.37. The molecule has 1 unspecified atom stereocenters. The van der Waals surface area contributed by atoms with Gasteiger partial charge in [-0.2, -0.15) is 0 Å².